The molecular weight excluding hydrogens is 316 g/mol. The number of benzene rings is 1. The molecule has 1 aliphatic rings. The lowest BCUT2D eigenvalue weighted by atomic mass is 9.60. The summed E-state index contributed by atoms with van der Waals surface area (Å²) in [5, 5.41) is 10.6. The molecule has 2 rings (SSSR count). The van der Waals surface area contributed by atoms with Crippen LogP contribution in [0.25, 0.3) is 0 Å². The number of hydrogen-bond acceptors (Lipinski definition) is 2. The second-order valence-corrected chi connectivity index (χ2v) is 6.20. The summed E-state index contributed by atoms with van der Waals surface area (Å²) in [6.07, 6.45) is 2.33. The van der Waals surface area contributed by atoms with Crippen LogP contribution >= 0.6 is 27.5 Å². The van der Waals surface area contributed by atoms with E-state index in [0.717, 1.165) is 17.3 Å². The molecule has 0 amide bonds. The molecule has 0 bridgehead atoms. The third kappa shape index (κ3) is 2.28. The molecule has 0 radical (unpaired) electrons. The second kappa shape index (κ2) is 5.40. The number of rotatable bonds is 4. The largest absolute Gasteiger partial charge is 0.488 e. The van der Waals surface area contributed by atoms with Gasteiger partial charge in [0.1, 0.15) is 11.9 Å². The van der Waals surface area contributed by atoms with Gasteiger partial charge in [0.05, 0.1) is 11.1 Å². The van der Waals surface area contributed by atoms with Crippen LogP contribution in [0, 0.1) is 5.41 Å². The first-order valence-electron chi connectivity index (χ1n) is 6.33. The maximum atomic E-state index is 10.00. The number of aliphatic hydroxyl groups excluding tert-OH is 1. The Labute approximate surface area is 121 Å². The predicted molar refractivity (Wildman–Crippen MR) is 77.2 cm³/mol. The third-order valence-corrected chi connectivity index (χ3v) is 5.01. The van der Waals surface area contributed by atoms with Gasteiger partial charge in [-0.05, 0) is 31.0 Å². The minimum atomic E-state index is -0.258. The molecule has 1 fully saturated rings. The van der Waals surface area contributed by atoms with Crippen molar-refractivity contribution in [3.8, 4) is 5.75 Å². The summed E-state index contributed by atoms with van der Waals surface area (Å²) in [7, 11) is 0. The zero-order valence-electron chi connectivity index (χ0n) is 10.6. The summed E-state index contributed by atoms with van der Waals surface area (Å²) >= 11 is 9.53. The van der Waals surface area contributed by atoms with E-state index in [0.29, 0.717) is 17.2 Å². The van der Waals surface area contributed by atoms with E-state index in [-0.39, 0.29) is 17.6 Å². The number of hydrogen-bond donors (Lipinski definition) is 1. The van der Waals surface area contributed by atoms with Gasteiger partial charge in [-0.15, -0.1) is 0 Å². The predicted octanol–water partition coefficient (Wildman–Crippen LogP) is 4.42. The third-order valence-electron chi connectivity index (χ3n) is 4.22. The molecule has 1 aromatic carbocycles. The van der Waals surface area contributed by atoms with Gasteiger partial charge in [-0.25, -0.2) is 0 Å². The van der Waals surface area contributed by atoms with Crippen LogP contribution in [-0.2, 0) is 0 Å². The maximum absolute atomic E-state index is 10.00. The molecule has 18 heavy (non-hydrogen) atoms. The van der Waals surface area contributed by atoms with Crippen molar-refractivity contribution in [1.29, 1.82) is 0 Å². The van der Waals surface area contributed by atoms with Crippen molar-refractivity contribution in [1.82, 2.24) is 0 Å². The van der Waals surface area contributed by atoms with Gasteiger partial charge in [0.25, 0.3) is 0 Å². The Bertz CT molecular complexity index is 432. The van der Waals surface area contributed by atoms with E-state index < -0.39 is 0 Å². The van der Waals surface area contributed by atoms with Gasteiger partial charge in [0, 0.05) is 16.3 Å². The highest BCUT2D eigenvalue weighted by atomic mass is 79.9. The molecule has 0 aromatic heterocycles. The molecule has 4 heteroatoms. The lowest BCUT2D eigenvalue weighted by molar-refractivity contribution is -0.159. The normalized spacial score (nSPS) is 25.6. The fourth-order valence-electron chi connectivity index (χ4n) is 2.79. The molecule has 2 nitrogen and oxygen atoms in total. The number of aliphatic hydroxyl groups is 1. The Balaban J connectivity index is 2.15. The Hall–Kier alpha value is -0.250. The van der Waals surface area contributed by atoms with Gasteiger partial charge in [-0.1, -0.05) is 41.4 Å². The zero-order valence-corrected chi connectivity index (χ0v) is 13.0. The van der Waals surface area contributed by atoms with Crippen LogP contribution in [0.5, 0.6) is 5.75 Å². The molecule has 2 unspecified atom stereocenters. The molecule has 2 atom stereocenters. The molecule has 1 aromatic rings. The van der Waals surface area contributed by atoms with E-state index in [9.17, 15) is 5.11 Å². The van der Waals surface area contributed by atoms with Gasteiger partial charge in [0.15, 0.2) is 0 Å². The summed E-state index contributed by atoms with van der Waals surface area (Å²) in [4.78, 5) is 0. The van der Waals surface area contributed by atoms with Crippen molar-refractivity contribution in [3.63, 3.8) is 0 Å². The quantitative estimate of drug-likeness (QED) is 0.883. The molecule has 0 aliphatic heterocycles. The molecular formula is C14H18BrClO2. The topological polar surface area (TPSA) is 29.5 Å². The van der Waals surface area contributed by atoms with Gasteiger partial charge in [-0.3, -0.25) is 0 Å². The fraction of sp³-hybridized carbons (Fsp3) is 0.571. The van der Waals surface area contributed by atoms with Gasteiger partial charge < -0.3 is 9.84 Å². The Morgan fingerprint density at radius 1 is 1.44 bits per heavy atom. The number of ether oxygens (including phenoxy) is 1. The van der Waals surface area contributed by atoms with Crippen LogP contribution in [0.15, 0.2) is 22.7 Å². The first-order valence-corrected chi connectivity index (χ1v) is 7.50. The van der Waals surface area contributed by atoms with Crippen molar-refractivity contribution >= 4 is 27.5 Å². The van der Waals surface area contributed by atoms with Crippen molar-refractivity contribution in [3.05, 3.63) is 27.7 Å². The average molecular weight is 334 g/mol. The molecule has 1 saturated carbocycles. The van der Waals surface area contributed by atoms with Crippen molar-refractivity contribution in [2.24, 2.45) is 5.41 Å². The first-order chi connectivity index (χ1) is 8.53. The zero-order chi connectivity index (χ0) is 13.3. The maximum Gasteiger partial charge on any atom is 0.138 e. The van der Waals surface area contributed by atoms with Crippen LogP contribution in [0.3, 0.4) is 0 Å². The minimum absolute atomic E-state index is 0.0566. The van der Waals surface area contributed by atoms with E-state index in [1.807, 2.05) is 18.2 Å². The molecule has 1 aliphatic carbocycles. The lowest BCUT2D eigenvalue weighted by Gasteiger charge is -2.52. The molecule has 0 saturated heterocycles. The smallest absolute Gasteiger partial charge is 0.138 e. The summed E-state index contributed by atoms with van der Waals surface area (Å²) in [6.45, 7) is 4.21. The van der Waals surface area contributed by atoms with Crippen LogP contribution in [0.1, 0.15) is 33.1 Å². The Kier molecular flexibility index (Phi) is 4.25. The average Bonchev–Trinajstić information content (AvgIpc) is 2.33. The monoisotopic (exact) mass is 332 g/mol. The van der Waals surface area contributed by atoms with Crippen LogP contribution < -0.4 is 4.74 Å². The molecule has 1 N–H and O–H groups in total. The van der Waals surface area contributed by atoms with Crippen molar-refractivity contribution in [2.45, 2.75) is 45.3 Å². The van der Waals surface area contributed by atoms with Gasteiger partial charge in [0.2, 0.25) is 0 Å². The Morgan fingerprint density at radius 3 is 2.61 bits per heavy atom. The number of halogens is 2. The minimum Gasteiger partial charge on any atom is -0.488 e. The Morgan fingerprint density at radius 2 is 2.11 bits per heavy atom. The highest BCUT2D eigenvalue weighted by Gasteiger charge is 2.53. The highest BCUT2D eigenvalue weighted by molar-refractivity contribution is 9.10. The van der Waals surface area contributed by atoms with Crippen LogP contribution in [-0.4, -0.2) is 17.3 Å². The second-order valence-electron chi connectivity index (χ2n) is 4.87. The lowest BCUT2D eigenvalue weighted by Crippen LogP contribution is -2.59. The SMILES string of the molecule is CCC1(CC)C(O)CC1Oc1ccc(Br)cc1Cl. The molecule has 0 spiro atoms. The summed E-state index contributed by atoms with van der Waals surface area (Å²) in [5.74, 6) is 0.697. The van der Waals surface area contributed by atoms with Crippen molar-refractivity contribution < 1.29 is 9.84 Å². The summed E-state index contributed by atoms with van der Waals surface area (Å²) in [6, 6.07) is 5.61. The molecule has 100 valence electrons. The standard InChI is InChI=1S/C14H18BrClO2/c1-3-14(4-2)12(17)8-13(14)18-11-6-5-9(15)7-10(11)16/h5-7,12-13,17H,3-4,8H2,1-2H3. The molecule has 0 heterocycles. The van der Waals surface area contributed by atoms with Gasteiger partial charge in [-0.2, -0.15) is 0 Å². The first kappa shape index (κ1) is 14.2. The summed E-state index contributed by atoms with van der Waals surface area (Å²) < 4.78 is 6.93. The summed E-state index contributed by atoms with van der Waals surface area (Å²) in [5.41, 5.74) is -0.115. The van der Waals surface area contributed by atoms with Crippen LogP contribution in [0.2, 0.25) is 5.02 Å². The van der Waals surface area contributed by atoms with E-state index in [1.54, 1.807) is 0 Å². The van der Waals surface area contributed by atoms with Gasteiger partial charge >= 0.3 is 0 Å². The van der Waals surface area contributed by atoms with E-state index in [4.69, 9.17) is 16.3 Å². The van der Waals surface area contributed by atoms with E-state index >= 15 is 0 Å². The fourth-order valence-corrected chi connectivity index (χ4v) is 3.51. The highest BCUT2D eigenvalue weighted by Crippen LogP contribution is 2.49. The van der Waals surface area contributed by atoms with E-state index in [1.165, 1.54) is 0 Å². The van der Waals surface area contributed by atoms with Crippen LogP contribution in [0.4, 0.5) is 0 Å². The van der Waals surface area contributed by atoms with E-state index in [2.05, 4.69) is 29.8 Å². The van der Waals surface area contributed by atoms with Crippen molar-refractivity contribution in [2.75, 3.05) is 0 Å².